The summed E-state index contributed by atoms with van der Waals surface area (Å²) in [5.74, 6) is 0. The Labute approximate surface area is 267 Å². The molecule has 1 unspecified atom stereocenters. The van der Waals surface area contributed by atoms with Gasteiger partial charge in [-0.15, -0.1) is 0 Å². The van der Waals surface area contributed by atoms with E-state index in [1.165, 1.54) is 55.8 Å². The lowest BCUT2D eigenvalue weighted by Gasteiger charge is -2.43. The van der Waals surface area contributed by atoms with E-state index in [1.807, 2.05) is 12.1 Å². The third kappa shape index (κ3) is 3.36. The molecule has 0 bridgehead atoms. The predicted octanol–water partition coefficient (Wildman–Crippen LogP) is 11.5. The number of benzene rings is 5. The van der Waals surface area contributed by atoms with Crippen molar-refractivity contribution in [2.75, 3.05) is 5.32 Å². The van der Waals surface area contributed by atoms with Crippen LogP contribution in [0.15, 0.2) is 166 Å². The van der Waals surface area contributed by atoms with E-state index in [9.17, 15) is 0 Å². The molecule has 4 aliphatic carbocycles. The van der Waals surface area contributed by atoms with E-state index < -0.39 is 5.41 Å². The molecular weight excluding hydrogens is 558 g/mol. The lowest BCUT2D eigenvalue weighted by Crippen LogP contribution is -2.34. The number of anilines is 1. The molecule has 5 aromatic carbocycles. The summed E-state index contributed by atoms with van der Waals surface area (Å²) in [6.45, 7) is 2.26. The Hall–Kier alpha value is -5.86. The van der Waals surface area contributed by atoms with Crippen LogP contribution in [0, 0.1) is 5.41 Å². The SMILES string of the molecule is CC1=C(Nc2ccccc2-c2cccc3oc4ccccc4c23)C2(C=CC=C3C2=Cc2ccccc23)C2=Cc3ccccc3C2=C1. The minimum atomic E-state index is -0.488. The van der Waals surface area contributed by atoms with Gasteiger partial charge in [0.1, 0.15) is 11.2 Å². The van der Waals surface area contributed by atoms with Crippen molar-refractivity contribution in [1.82, 2.24) is 0 Å². The standard InChI is InChI=1S/C44H29NO/c1-27-24-36-31-15-5-3-13-29(31)26-38(36)44(23-11-19-32-30-14-4-2-12-28(30)25-37(32)44)43(27)45-39-20-8-6-16-33(39)34-18-10-22-41-42(34)35-17-7-9-21-40(35)46-41/h2-26,45H,1H3. The molecule has 1 heterocycles. The van der Waals surface area contributed by atoms with E-state index in [0.717, 1.165) is 38.8 Å². The van der Waals surface area contributed by atoms with Gasteiger partial charge in [-0.1, -0.05) is 115 Å². The lowest BCUT2D eigenvalue weighted by molar-refractivity contribution is 0.669. The molecule has 0 radical (unpaired) electrons. The van der Waals surface area contributed by atoms with Gasteiger partial charge in [-0.2, -0.15) is 0 Å². The molecule has 2 heteroatoms. The highest BCUT2D eigenvalue weighted by Crippen LogP contribution is 2.62. The number of para-hydroxylation sites is 2. The van der Waals surface area contributed by atoms with Gasteiger partial charge in [-0.3, -0.25) is 0 Å². The summed E-state index contributed by atoms with van der Waals surface area (Å²) in [6, 6.07) is 41.0. The molecule has 1 aromatic heterocycles. The summed E-state index contributed by atoms with van der Waals surface area (Å²) in [5.41, 5.74) is 17.5. The molecule has 2 nitrogen and oxygen atoms in total. The van der Waals surface area contributed by atoms with Crippen molar-refractivity contribution in [1.29, 1.82) is 0 Å². The molecule has 0 saturated carbocycles. The van der Waals surface area contributed by atoms with Gasteiger partial charge >= 0.3 is 0 Å². The Morgan fingerprint density at radius 2 is 1.20 bits per heavy atom. The highest BCUT2D eigenvalue weighted by molar-refractivity contribution is 6.14. The average Bonchev–Trinajstić information content (AvgIpc) is 3.79. The number of fused-ring (bicyclic) bond motifs is 11. The second-order valence-corrected chi connectivity index (χ2v) is 12.6. The van der Waals surface area contributed by atoms with Crippen molar-refractivity contribution in [3.8, 4) is 11.1 Å². The average molecular weight is 588 g/mol. The molecule has 0 fully saturated rings. The van der Waals surface area contributed by atoms with Crippen LogP contribution < -0.4 is 5.32 Å². The van der Waals surface area contributed by atoms with Gasteiger partial charge < -0.3 is 9.73 Å². The molecule has 1 atom stereocenters. The van der Waals surface area contributed by atoms with Crippen molar-refractivity contribution in [2.45, 2.75) is 6.92 Å². The van der Waals surface area contributed by atoms with Crippen molar-refractivity contribution >= 4 is 50.9 Å². The lowest BCUT2D eigenvalue weighted by atomic mass is 9.62. The van der Waals surface area contributed by atoms with Crippen LogP contribution in [0.3, 0.4) is 0 Å². The van der Waals surface area contributed by atoms with E-state index >= 15 is 0 Å². The highest BCUT2D eigenvalue weighted by atomic mass is 16.3. The van der Waals surface area contributed by atoms with Crippen molar-refractivity contribution in [3.05, 3.63) is 184 Å². The smallest absolute Gasteiger partial charge is 0.136 e. The van der Waals surface area contributed by atoms with Gasteiger partial charge in [-0.05, 0) is 99.0 Å². The topological polar surface area (TPSA) is 25.2 Å². The first kappa shape index (κ1) is 25.5. The molecule has 0 aliphatic heterocycles. The summed E-state index contributed by atoms with van der Waals surface area (Å²) in [7, 11) is 0. The molecule has 0 saturated heterocycles. The summed E-state index contributed by atoms with van der Waals surface area (Å²) in [6.07, 6.45) is 14.2. The van der Waals surface area contributed by atoms with Gasteiger partial charge in [0.2, 0.25) is 0 Å². The van der Waals surface area contributed by atoms with E-state index in [1.54, 1.807) is 0 Å². The minimum absolute atomic E-state index is 0.488. The molecule has 1 N–H and O–H groups in total. The maximum atomic E-state index is 6.30. The Morgan fingerprint density at radius 3 is 2.02 bits per heavy atom. The number of rotatable bonds is 3. The van der Waals surface area contributed by atoms with Crippen LogP contribution in [0.1, 0.15) is 29.2 Å². The summed E-state index contributed by atoms with van der Waals surface area (Å²) in [4.78, 5) is 0. The van der Waals surface area contributed by atoms with E-state index in [-0.39, 0.29) is 0 Å². The fourth-order valence-electron chi connectivity index (χ4n) is 8.20. The quantitative estimate of drug-likeness (QED) is 0.223. The van der Waals surface area contributed by atoms with E-state index in [2.05, 4.69) is 152 Å². The van der Waals surface area contributed by atoms with Gasteiger partial charge in [0.05, 0.1) is 5.41 Å². The molecule has 6 aromatic rings. The molecular formula is C44H29NO. The van der Waals surface area contributed by atoms with E-state index in [4.69, 9.17) is 4.42 Å². The number of furan rings is 1. The fraction of sp³-hybridized carbons (Fsp3) is 0.0455. The van der Waals surface area contributed by atoms with Crippen LogP contribution in [0.5, 0.6) is 0 Å². The molecule has 46 heavy (non-hydrogen) atoms. The van der Waals surface area contributed by atoms with Crippen molar-refractivity contribution in [2.24, 2.45) is 5.41 Å². The van der Waals surface area contributed by atoms with Gasteiger partial charge in [0, 0.05) is 27.7 Å². The zero-order valence-electron chi connectivity index (χ0n) is 25.3. The van der Waals surface area contributed by atoms with Crippen LogP contribution in [0.4, 0.5) is 5.69 Å². The number of allylic oxidation sites excluding steroid dienone is 7. The van der Waals surface area contributed by atoms with Crippen LogP contribution >= 0.6 is 0 Å². The summed E-state index contributed by atoms with van der Waals surface area (Å²) in [5, 5.41) is 6.36. The first-order chi connectivity index (χ1) is 22.7. The molecule has 0 amide bonds. The molecule has 10 rings (SSSR count). The monoisotopic (exact) mass is 587 g/mol. The van der Waals surface area contributed by atoms with Crippen LogP contribution in [-0.4, -0.2) is 0 Å². The fourth-order valence-corrected chi connectivity index (χ4v) is 8.20. The van der Waals surface area contributed by atoms with E-state index in [0.29, 0.717) is 0 Å². The zero-order chi connectivity index (χ0) is 30.4. The second-order valence-electron chi connectivity index (χ2n) is 12.6. The first-order valence-corrected chi connectivity index (χ1v) is 15.9. The highest BCUT2D eigenvalue weighted by Gasteiger charge is 2.49. The van der Waals surface area contributed by atoms with Crippen LogP contribution in [0.25, 0.3) is 56.4 Å². The van der Waals surface area contributed by atoms with Crippen LogP contribution in [0.2, 0.25) is 0 Å². The second kappa shape index (κ2) is 9.32. The number of nitrogens with one attached hydrogen (secondary N) is 1. The zero-order valence-corrected chi connectivity index (χ0v) is 25.3. The maximum absolute atomic E-state index is 6.30. The Morgan fingerprint density at radius 1 is 0.565 bits per heavy atom. The Bertz CT molecular complexity index is 2500. The van der Waals surface area contributed by atoms with Gasteiger partial charge in [0.15, 0.2) is 0 Å². The number of hydrogen-bond acceptors (Lipinski definition) is 2. The summed E-state index contributed by atoms with van der Waals surface area (Å²) >= 11 is 0. The van der Waals surface area contributed by atoms with Gasteiger partial charge in [-0.25, -0.2) is 0 Å². The maximum Gasteiger partial charge on any atom is 0.136 e. The Balaban J connectivity index is 1.20. The Kier molecular flexibility index (Phi) is 5.16. The van der Waals surface area contributed by atoms with Crippen molar-refractivity contribution in [3.63, 3.8) is 0 Å². The van der Waals surface area contributed by atoms with Gasteiger partial charge in [0.25, 0.3) is 0 Å². The number of hydrogen-bond donors (Lipinski definition) is 1. The third-order valence-electron chi connectivity index (χ3n) is 10.2. The van der Waals surface area contributed by atoms with Crippen LogP contribution in [-0.2, 0) is 0 Å². The third-order valence-corrected chi connectivity index (χ3v) is 10.2. The largest absolute Gasteiger partial charge is 0.456 e. The minimum Gasteiger partial charge on any atom is -0.456 e. The first-order valence-electron chi connectivity index (χ1n) is 15.9. The molecule has 4 aliphatic rings. The normalized spacial score (nSPS) is 19.0. The molecule has 1 spiro atoms. The summed E-state index contributed by atoms with van der Waals surface area (Å²) < 4.78 is 6.30. The predicted molar refractivity (Wildman–Crippen MR) is 192 cm³/mol. The van der Waals surface area contributed by atoms with Crippen molar-refractivity contribution < 1.29 is 4.42 Å². The molecule has 216 valence electrons.